The van der Waals surface area contributed by atoms with E-state index in [-0.39, 0.29) is 0 Å². The van der Waals surface area contributed by atoms with E-state index in [9.17, 15) is 0 Å². The normalized spacial score (nSPS) is 19.8. The highest BCUT2D eigenvalue weighted by Gasteiger charge is 2.14. The van der Waals surface area contributed by atoms with Crippen molar-refractivity contribution in [3.63, 3.8) is 0 Å². The van der Waals surface area contributed by atoms with Crippen molar-refractivity contribution in [2.75, 3.05) is 19.7 Å². The molecule has 1 aromatic carbocycles. The lowest BCUT2D eigenvalue weighted by Gasteiger charge is -2.22. The van der Waals surface area contributed by atoms with Crippen molar-refractivity contribution in [3.8, 4) is 5.75 Å². The molecule has 1 aliphatic rings. The van der Waals surface area contributed by atoms with E-state index in [1.54, 1.807) is 12.1 Å². The summed E-state index contributed by atoms with van der Waals surface area (Å²) in [5.41, 5.74) is 0. The second-order valence-electron chi connectivity index (χ2n) is 4.55. The fourth-order valence-corrected chi connectivity index (χ4v) is 3.09. The van der Waals surface area contributed by atoms with E-state index in [0.717, 1.165) is 19.5 Å². The van der Waals surface area contributed by atoms with Crippen LogP contribution in [0.1, 0.15) is 19.3 Å². The first-order valence-corrected chi connectivity index (χ1v) is 7.28. The van der Waals surface area contributed by atoms with Gasteiger partial charge in [-0.25, -0.2) is 0 Å². The van der Waals surface area contributed by atoms with Gasteiger partial charge in [0.2, 0.25) is 0 Å². The summed E-state index contributed by atoms with van der Waals surface area (Å²) in [6.07, 6.45) is 3.52. The first-order valence-electron chi connectivity index (χ1n) is 6.15. The van der Waals surface area contributed by atoms with Gasteiger partial charge in [0.25, 0.3) is 0 Å². The minimum absolute atomic E-state index is 0.467. The highest BCUT2D eigenvalue weighted by Crippen LogP contribution is 2.36. The predicted molar refractivity (Wildman–Crippen MR) is 77.2 cm³/mol. The Balaban J connectivity index is 1.86. The van der Waals surface area contributed by atoms with E-state index in [0.29, 0.717) is 33.3 Å². The molecule has 1 aromatic rings. The molecule has 0 spiro atoms. The molecule has 0 radical (unpaired) electrons. The quantitative estimate of drug-likeness (QED) is 0.889. The Morgan fingerprint density at radius 1 is 1.22 bits per heavy atom. The van der Waals surface area contributed by atoms with Gasteiger partial charge in [0.1, 0.15) is 0 Å². The average Bonchev–Trinajstić information content (AvgIpc) is 2.34. The molecule has 1 unspecified atom stereocenters. The Labute approximate surface area is 123 Å². The molecule has 100 valence electrons. The van der Waals surface area contributed by atoms with Gasteiger partial charge < -0.3 is 10.1 Å². The number of halogens is 3. The standard InChI is InChI=1S/C13H16Cl3NO/c14-10-6-11(15)13(12(16)7-10)18-5-3-9-2-1-4-17-8-9/h6-7,9,17H,1-5,8H2. The van der Waals surface area contributed by atoms with E-state index in [1.165, 1.54) is 12.8 Å². The molecule has 0 bridgehead atoms. The summed E-state index contributed by atoms with van der Waals surface area (Å²) in [5, 5.41) is 4.84. The highest BCUT2D eigenvalue weighted by molar-refractivity contribution is 6.40. The van der Waals surface area contributed by atoms with Crippen LogP contribution in [0.3, 0.4) is 0 Å². The molecule has 1 heterocycles. The zero-order valence-electron chi connectivity index (χ0n) is 10.0. The fourth-order valence-electron chi connectivity index (χ4n) is 2.16. The second-order valence-corrected chi connectivity index (χ2v) is 5.80. The van der Waals surface area contributed by atoms with Crippen LogP contribution in [0, 0.1) is 5.92 Å². The van der Waals surface area contributed by atoms with Crippen LogP contribution >= 0.6 is 34.8 Å². The molecule has 5 heteroatoms. The third-order valence-electron chi connectivity index (χ3n) is 3.13. The van der Waals surface area contributed by atoms with Gasteiger partial charge in [-0.1, -0.05) is 34.8 Å². The van der Waals surface area contributed by atoms with E-state index < -0.39 is 0 Å². The molecule has 18 heavy (non-hydrogen) atoms. The topological polar surface area (TPSA) is 21.3 Å². The Morgan fingerprint density at radius 2 is 1.94 bits per heavy atom. The number of rotatable bonds is 4. The number of nitrogens with one attached hydrogen (secondary N) is 1. The molecule has 1 fully saturated rings. The second kappa shape index (κ2) is 6.85. The predicted octanol–water partition coefficient (Wildman–Crippen LogP) is 4.42. The van der Waals surface area contributed by atoms with Crippen molar-refractivity contribution in [3.05, 3.63) is 27.2 Å². The van der Waals surface area contributed by atoms with Gasteiger partial charge in [-0.15, -0.1) is 0 Å². The molecule has 1 atom stereocenters. The Bertz CT molecular complexity index is 382. The number of hydrogen-bond donors (Lipinski definition) is 1. The van der Waals surface area contributed by atoms with Gasteiger partial charge >= 0.3 is 0 Å². The lowest BCUT2D eigenvalue weighted by molar-refractivity contribution is 0.254. The minimum Gasteiger partial charge on any atom is -0.490 e. The van der Waals surface area contributed by atoms with E-state index in [2.05, 4.69) is 5.32 Å². The lowest BCUT2D eigenvalue weighted by atomic mass is 9.97. The summed E-state index contributed by atoms with van der Waals surface area (Å²) in [4.78, 5) is 0. The van der Waals surface area contributed by atoms with Gasteiger partial charge in [-0.2, -0.15) is 0 Å². The average molecular weight is 309 g/mol. The first-order chi connectivity index (χ1) is 8.66. The molecular formula is C13H16Cl3NO. The van der Waals surface area contributed by atoms with Crippen LogP contribution in [0.5, 0.6) is 5.75 Å². The highest BCUT2D eigenvalue weighted by atomic mass is 35.5. The maximum Gasteiger partial charge on any atom is 0.156 e. The van der Waals surface area contributed by atoms with Crippen LogP contribution in [0.15, 0.2) is 12.1 Å². The molecule has 1 N–H and O–H groups in total. The Morgan fingerprint density at radius 3 is 2.56 bits per heavy atom. The molecule has 0 amide bonds. The number of piperidine rings is 1. The van der Waals surface area contributed by atoms with Crippen LogP contribution < -0.4 is 10.1 Å². The van der Waals surface area contributed by atoms with Gasteiger partial charge in [-0.05, 0) is 50.4 Å². The van der Waals surface area contributed by atoms with Crippen molar-refractivity contribution < 1.29 is 4.74 Å². The molecule has 2 nitrogen and oxygen atoms in total. The van der Waals surface area contributed by atoms with Crippen molar-refractivity contribution in [2.45, 2.75) is 19.3 Å². The van der Waals surface area contributed by atoms with Gasteiger partial charge in [0.05, 0.1) is 16.7 Å². The van der Waals surface area contributed by atoms with Gasteiger partial charge in [-0.3, -0.25) is 0 Å². The molecular weight excluding hydrogens is 293 g/mol. The molecule has 1 saturated heterocycles. The fraction of sp³-hybridized carbons (Fsp3) is 0.538. The van der Waals surface area contributed by atoms with Gasteiger partial charge in [0.15, 0.2) is 5.75 Å². The third-order valence-corrected chi connectivity index (χ3v) is 3.91. The zero-order valence-corrected chi connectivity index (χ0v) is 12.3. The van der Waals surface area contributed by atoms with Crippen LogP contribution in [-0.2, 0) is 0 Å². The molecule has 0 aromatic heterocycles. The van der Waals surface area contributed by atoms with Crippen LogP contribution in [0.25, 0.3) is 0 Å². The van der Waals surface area contributed by atoms with Crippen LogP contribution in [0.2, 0.25) is 15.1 Å². The molecule has 0 saturated carbocycles. The summed E-state index contributed by atoms with van der Waals surface area (Å²) in [6, 6.07) is 3.29. The van der Waals surface area contributed by atoms with Crippen molar-refractivity contribution in [1.82, 2.24) is 5.32 Å². The van der Waals surface area contributed by atoms with Gasteiger partial charge in [0, 0.05) is 5.02 Å². The third kappa shape index (κ3) is 3.92. The van der Waals surface area contributed by atoms with Crippen molar-refractivity contribution >= 4 is 34.8 Å². The number of benzene rings is 1. The largest absolute Gasteiger partial charge is 0.490 e. The summed E-state index contributed by atoms with van der Waals surface area (Å²) in [5.74, 6) is 1.22. The van der Waals surface area contributed by atoms with E-state index >= 15 is 0 Å². The van der Waals surface area contributed by atoms with Crippen LogP contribution in [0.4, 0.5) is 0 Å². The van der Waals surface area contributed by atoms with Crippen molar-refractivity contribution in [1.29, 1.82) is 0 Å². The number of ether oxygens (including phenoxy) is 1. The van der Waals surface area contributed by atoms with Crippen molar-refractivity contribution in [2.24, 2.45) is 5.92 Å². The monoisotopic (exact) mass is 307 g/mol. The Kier molecular flexibility index (Phi) is 5.43. The Hall–Kier alpha value is -0.150. The summed E-state index contributed by atoms with van der Waals surface area (Å²) >= 11 is 17.9. The minimum atomic E-state index is 0.467. The zero-order chi connectivity index (χ0) is 13.0. The summed E-state index contributed by atoms with van der Waals surface area (Å²) in [6.45, 7) is 2.84. The van der Waals surface area contributed by atoms with E-state index in [4.69, 9.17) is 39.5 Å². The summed E-state index contributed by atoms with van der Waals surface area (Å²) < 4.78 is 5.67. The van der Waals surface area contributed by atoms with E-state index in [1.807, 2.05) is 0 Å². The SMILES string of the molecule is Clc1cc(Cl)c(OCCC2CCCNC2)c(Cl)c1. The smallest absolute Gasteiger partial charge is 0.156 e. The maximum absolute atomic E-state index is 6.05. The molecule has 0 aliphatic carbocycles. The maximum atomic E-state index is 6.05. The summed E-state index contributed by atoms with van der Waals surface area (Å²) in [7, 11) is 0. The van der Waals surface area contributed by atoms with Crippen LogP contribution in [-0.4, -0.2) is 19.7 Å². The molecule has 1 aliphatic heterocycles. The number of hydrogen-bond acceptors (Lipinski definition) is 2. The molecule has 2 rings (SSSR count). The lowest BCUT2D eigenvalue weighted by Crippen LogP contribution is -2.30. The first kappa shape index (κ1) is 14.3.